The van der Waals surface area contributed by atoms with Crippen molar-refractivity contribution in [1.82, 2.24) is 9.78 Å². The standard InChI is InChI=1S/C9H14F2N4O2/c1-3-4-14-9(12-5-7(10)11)8(15(16)17)6(2)13-14/h7,12H,3-5H2,1-2H3. The molecule has 0 radical (unpaired) electrons. The summed E-state index contributed by atoms with van der Waals surface area (Å²) in [5.41, 5.74) is -0.0145. The Morgan fingerprint density at radius 3 is 2.71 bits per heavy atom. The normalized spacial score (nSPS) is 10.9. The molecule has 0 aliphatic heterocycles. The molecule has 0 aliphatic rings. The molecule has 1 aromatic heterocycles. The predicted molar refractivity (Wildman–Crippen MR) is 58.4 cm³/mol. The van der Waals surface area contributed by atoms with Crippen molar-refractivity contribution in [1.29, 1.82) is 0 Å². The highest BCUT2D eigenvalue weighted by molar-refractivity contribution is 5.59. The summed E-state index contributed by atoms with van der Waals surface area (Å²) in [6, 6.07) is 0. The summed E-state index contributed by atoms with van der Waals surface area (Å²) in [5, 5.41) is 17.2. The number of aromatic nitrogens is 2. The van der Waals surface area contributed by atoms with Crippen LogP contribution in [0.15, 0.2) is 0 Å². The first-order valence-electron chi connectivity index (χ1n) is 5.21. The van der Waals surface area contributed by atoms with E-state index in [1.807, 2.05) is 6.92 Å². The van der Waals surface area contributed by atoms with E-state index in [1.54, 1.807) is 0 Å². The van der Waals surface area contributed by atoms with Crippen molar-refractivity contribution < 1.29 is 13.7 Å². The molecule has 0 unspecified atom stereocenters. The maximum atomic E-state index is 12.1. The molecule has 1 N–H and O–H groups in total. The van der Waals surface area contributed by atoms with E-state index in [1.165, 1.54) is 11.6 Å². The van der Waals surface area contributed by atoms with Gasteiger partial charge >= 0.3 is 5.69 Å². The van der Waals surface area contributed by atoms with Crippen LogP contribution >= 0.6 is 0 Å². The Morgan fingerprint density at radius 2 is 2.24 bits per heavy atom. The van der Waals surface area contributed by atoms with E-state index in [4.69, 9.17) is 0 Å². The van der Waals surface area contributed by atoms with Crippen molar-refractivity contribution in [2.24, 2.45) is 0 Å². The third-order valence-electron chi connectivity index (χ3n) is 2.14. The van der Waals surface area contributed by atoms with Gasteiger partial charge in [0.15, 0.2) is 0 Å². The SMILES string of the molecule is CCCn1nc(C)c([N+](=O)[O-])c1NCC(F)F. The number of hydrogen-bond donors (Lipinski definition) is 1. The topological polar surface area (TPSA) is 73.0 Å². The van der Waals surface area contributed by atoms with Crippen molar-refractivity contribution in [3.05, 3.63) is 15.8 Å². The average molecular weight is 248 g/mol. The zero-order valence-electron chi connectivity index (χ0n) is 9.61. The number of nitro groups is 1. The summed E-state index contributed by atoms with van der Waals surface area (Å²) in [7, 11) is 0. The first-order chi connectivity index (χ1) is 7.97. The minimum absolute atomic E-state index is 0.0506. The van der Waals surface area contributed by atoms with E-state index in [0.717, 1.165) is 0 Å². The highest BCUT2D eigenvalue weighted by Crippen LogP contribution is 2.28. The van der Waals surface area contributed by atoms with Crippen LogP contribution in [0.1, 0.15) is 19.0 Å². The lowest BCUT2D eigenvalue weighted by atomic mass is 10.4. The van der Waals surface area contributed by atoms with Gasteiger partial charge in [0.25, 0.3) is 6.43 Å². The minimum Gasteiger partial charge on any atom is -0.359 e. The van der Waals surface area contributed by atoms with Crippen LogP contribution in [-0.2, 0) is 6.54 Å². The Bertz CT molecular complexity index is 406. The van der Waals surface area contributed by atoms with Gasteiger partial charge in [0.05, 0.1) is 11.5 Å². The predicted octanol–water partition coefficient (Wildman–Crippen LogP) is 2.19. The van der Waals surface area contributed by atoms with E-state index in [2.05, 4.69) is 10.4 Å². The van der Waals surface area contributed by atoms with Gasteiger partial charge in [-0.3, -0.25) is 10.1 Å². The molecule has 0 atom stereocenters. The summed E-state index contributed by atoms with van der Waals surface area (Å²) >= 11 is 0. The largest absolute Gasteiger partial charge is 0.359 e. The summed E-state index contributed by atoms with van der Waals surface area (Å²) < 4.78 is 25.6. The Morgan fingerprint density at radius 1 is 1.59 bits per heavy atom. The summed E-state index contributed by atoms with van der Waals surface area (Å²) in [6.07, 6.45) is -1.86. The van der Waals surface area contributed by atoms with Crippen LogP contribution in [0.3, 0.4) is 0 Å². The lowest BCUT2D eigenvalue weighted by molar-refractivity contribution is -0.384. The minimum atomic E-state index is -2.57. The molecule has 8 heteroatoms. The molecule has 6 nitrogen and oxygen atoms in total. The van der Waals surface area contributed by atoms with Crippen LogP contribution in [0.4, 0.5) is 20.3 Å². The molecule has 1 heterocycles. The van der Waals surface area contributed by atoms with Gasteiger partial charge in [-0.25, -0.2) is 13.5 Å². The van der Waals surface area contributed by atoms with Crippen molar-refractivity contribution in [2.45, 2.75) is 33.2 Å². The van der Waals surface area contributed by atoms with Gasteiger partial charge in [0, 0.05) is 6.54 Å². The van der Waals surface area contributed by atoms with Gasteiger partial charge < -0.3 is 5.32 Å². The molecule has 0 spiro atoms. The van der Waals surface area contributed by atoms with Gasteiger partial charge in [-0.1, -0.05) is 6.92 Å². The van der Waals surface area contributed by atoms with Gasteiger partial charge in [-0.05, 0) is 13.3 Å². The number of aryl methyl sites for hydroxylation is 2. The number of rotatable bonds is 6. The van der Waals surface area contributed by atoms with E-state index in [0.29, 0.717) is 13.0 Å². The molecule has 0 saturated carbocycles. The summed E-state index contributed by atoms with van der Waals surface area (Å²) in [4.78, 5) is 10.2. The number of alkyl halides is 2. The number of anilines is 1. The van der Waals surface area contributed by atoms with E-state index < -0.39 is 17.9 Å². The lowest BCUT2D eigenvalue weighted by Gasteiger charge is -2.07. The van der Waals surface area contributed by atoms with Gasteiger partial charge in [-0.2, -0.15) is 5.10 Å². The number of nitrogens with one attached hydrogen (secondary N) is 1. The van der Waals surface area contributed by atoms with Crippen LogP contribution < -0.4 is 5.32 Å². The Labute approximate surface area is 96.8 Å². The second kappa shape index (κ2) is 5.55. The van der Waals surface area contributed by atoms with Crippen LogP contribution in [0.2, 0.25) is 0 Å². The fourth-order valence-electron chi connectivity index (χ4n) is 1.51. The third-order valence-corrected chi connectivity index (χ3v) is 2.14. The van der Waals surface area contributed by atoms with Crippen LogP contribution in [0, 0.1) is 17.0 Å². The molecule has 0 saturated heterocycles. The average Bonchev–Trinajstić information content (AvgIpc) is 2.52. The highest BCUT2D eigenvalue weighted by Gasteiger charge is 2.25. The lowest BCUT2D eigenvalue weighted by Crippen LogP contribution is -2.15. The first kappa shape index (κ1) is 13.3. The molecule has 17 heavy (non-hydrogen) atoms. The molecule has 96 valence electrons. The molecule has 1 rings (SSSR count). The first-order valence-corrected chi connectivity index (χ1v) is 5.21. The second-order valence-electron chi connectivity index (χ2n) is 3.53. The van der Waals surface area contributed by atoms with Crippen LogP contribution in [0.5, 0.6) is 0 Å². The van der Waals surface area contributed by atoms with Gasteiger partial charge in [-0.15, -0.1) is 0 Å². The molecule has 0 aliphatic carbocycles. The summed E-state index contributed by atoms with van der Waals surface area (Å²) in [5.74, 6) is 0.0506. The Kier molecular flexibility index (Phi) is 4.36. The number of hydrogen-bond acceptors (Lipinski definition) is 4. The fourth-order valence-corrected chi connectivity index (χ4v) is 1.51. The van der Waals surface area contributed by atoms with Crippen LogP contribution in [0.25, 0.3) is 0 Å². The molecule has 0 bridgehead atoms. The van der Waals surface area contributed by atoms with Gasteiger partial charge in [0.2, 0.25) is 5.82 Å². The number of halogens is 2. The molecular formula is C9H14F2N4O2. The van der Waals surface area contributed by atoms with Crippen molar-refractivity contribution in [2.75, 3.05) is 11.9 Å². The molecule has 1 aromatic rings. The Balaban J connectivity index is 3.06. The van der Waals surface area contributed by atoms with Crippen molar-refractivity contribution in [3.8, 4) is 0 Å². The molecule has 0 fully saturated rings. The van der Waals surface area contributed by atoms with Gasteiger partial charge in [0.1, 0.15) is 5.69 Å². The van der Waals surface area contributed by atoms with Crippen molar-refractivity contribution >= 4 is 11.5 Å². The summed E-state index contributed by atoms with van der Waals surface area (Å²) in [6.45, 7) is 3.17. The second-order valence-corrected chi connectivity index (χ2v) is 3.53. The zero-order valence-corrected chi connectivity index (χ0v) is 9.61. The maximum Gasteiger partial charge on any atom is 0.333 e. The third kappa shape index (κ3) is 3.11. The monoisotopic (exact) mass is 248 g/mol. The van der Waals surface area contributed by atoms with Crippen LogP contribution in [-0.4, -0.2) is 27.7 Å². The molecular weight excluding hydrogens is 234 g/mol. The molecule has 0 amide bonds. The smallest absolute Gasteiger partial charge is 0.333 e. The maximum absolute atomic E-state index is 12.1. The van der Waals surface area contributed by atoms with E-state index in [9.17, 15) is 18.9 Å². The van der Waals surface area contributed by atoms with Crippen molar-refractivity contribution in [3.63, 3.8) is 0 Å². The quantitative estimate of drug-likeness (QED) is 0.618. The Hall–Kier alpha value is -1.73. The highest BCUT2D eigenvalue weighted by atomic mass is 19.3. The fraction of sp³-hybridized carbons (Fsp3) is 0.667. The zero-order chi connectivity index (χ0) is 13.0. The van der Waals surface area contributed by atoms with E-state index in [-0.39, 0.29) is 17.2 Å². The van der Waals surface area contributed by atoms with E-state index >= 15 is 0 Å². The molecule has 0 aromatic carbocycles. The number of nitrogens with zero attached hydrogens (tertiary/aromatic N) is 3.